The molecule has 0 atom stereocenters. The van der Waals surface area contributed by atoms with Crippen molar-refractivity contribution in [3.05, 3.63) is 24.3 Å². The van der Waals surface area contributed by atoms with Gasteiger partial charge in [-0.1, -0.05) is 19.1 Å². The Labute approximate surface area is 122 Å². The number of hydrogen-bond donors (Lipinski definition) is 2. The topological polar surface area (TPSA) is 62.2 Å². The van der Waals surface area contributed by atoms with Crippen LogP contribution in [0.3, 0.4) is 0 Å². The van der Waals surface area contributed by atoms with Gasteiger partial charge in [-0.3, -0.25) is 0 Å². The van der Waals surface area contributed by atoms with E-state index in [1.807, 2.05) is 24.3 Å². The van der Waals surface area contributed by atoms with Gasteiger partial charge < -0.3 is 10.4 Å². The lowest BCUT2D eigenvalue weighted by Gasteiger charge is -2.36. The summed E-state index contributed by atoms with van der Waals surface area (Å²) in [6.45, 7) is 2.19. The maximum atomic E-state index is 11.8. The summed E-state index contributed by atoms with van der Waals surface area (Å²) < 4.78 is 4.38. The molecule has 2 aromatic rings. The molecule has 1 aliphatic carbocycles. The fraction of sp³-hybridized carbons (Fsp3) is 0.467. The second-order valence-electron chi connectivity index (χ2n) is 5.72. The minimum Gasteiger partial charge on any atom is -0.480 e. The van der Waals surface area contributed by atoms with Crippen LogP contribution in [0.5, 0.6) is 0 Å². The van der Waals surface area contributed by atoms with Crippen LogP contribution in [0.4, 0.5) is 5.00 Å². The minimum absolute atomic E-state index is 0.613. The van der Waals surface area contributed by atoms with Crippen molar-refractivity contribution in [3.63, 3.8) is 0 Å². The molecule has 0 bridgehead atoms. The summed E-state index contributed by atoms with van der Waals surface area (Å²) in [5.41, 5.74) is 0.0895. The van der Waals surface area contributed by atoms with E-state index in [4.69, 9.17) is 0 Å². The van der Waals surface area contributed by atoms with Gasteiger partial charge in [0.15, 0.2) is 0 Å². The lowest BCUT2D eigenvalue weighted by atomic mass is 9.77. The number of nitrogens with one attached hydrogen (secondary N) is 1. The van der Waals surface area contributed by atoms with Crippen molar-refractivity contribution >= 4 is 33.4 Å². The van der Waals surface area contributed by atoms with E-state index in [1.54, 1.807) is 0 Å². The number of hydrogen-bond acceptors (Lipinski definition) is 4. The molecule has 2 N–H and O–H groups in total. The molecular formula is C15H18N2O2S. The van der Waals surface area contributed by atoms with Crippen molar-refractivity contribution in [1.29, 1.82) is 0 Å². The van der Waals surface area contributed by atoms with Gasteiger partial charge in [0.2, 0.25) is 0 Å². The van der Waals surface area contributed by atoms with Crippen LogP contribution in [-0.2, 0) is 4.79 Å². The van der Waals surface area contributed by atoms with Crippen LogP contribution in [0, 0.1) is 5.92 Å². The third-order valence-corrected chi connectivity index (χ3v) is 5.07. The highest BCUT2D eigenvalue weighted by molar-refractivity contribution is 7.11. The molecule has 1 saturated carbocycles. The zero-order valence-corrected chi connectivity index (χ0v) is 12.2. The van der Waals surface area contributed by atoms with Gasteiger partial charge >= 0.3 is 5.97 Å². The second kappa shape index (κ2) is 5.05. The zero-order valence-electron chi connectivity index (χ0n) is 11.4. The van der Waals surface area contributed by atoms with Gasteiger partial charge in [0.25, 0.3) is 0 Å². The molecule has 106 valence electrons. The first-order chi connectivity index (χ1) is 9.61. The number of aromatic nitrogens is 1. The van der Waals surface area contributed by atoms with Crippen LogP contribution in [-0.4, -0.2) is 21.0 Å². The maximum absolute atomic E-state index is 11.8. The van der Waals surface area contributed by atoms with Crippen LogP contribution in [0.1, 0.15) is 32.6 Å². The largest absolute Gasteiger partial charge is 0.480 e. The van der Waals surface area contributed by atoms with Crippen molar-refractivity contribution in [1.82, 2.24) is 4.37 Å². The van der Waals surface area contributed by atoms with Gasteiger partial charge in [0, 0.05) is 5.39 Å². The number of carbonyl (C=O) groups is 1. The number of carboxylic acid groups (broad SMARTS) is 1. The first-order valence-electron chi connectivity index (χ1n) is 6.97. The van der Waals surface area contributed by atoms with E-state index in [0.717, 1.165) is 28.7 Å². The highest BCUT2D eigenvalue weighted by Gasteiger charge is 2.41. The highest BCUT2D eigenvalue weighted by atomic mass is 32.1. The Hall–Kier alpha value is -1.62. The van der Waals surface area contributed by atoms with E-state index in [-0.39, 0.29) is 0 Å². The molecule has 4 nitrogen and oxygen atoms in total. The molecule has 0 aliphatic heterocycles. The molecule has 1 aromatic heterocycles. The Balaban J connectivity index is 1.92. The van der Waals surface area contributed by atoms with Crippen LogP contribution in [0.25, 0.3) is 10.9 Å². The number of fused-ring (bicyclic) bond motifs is 1. The molecule has 1 heterocycles. The van der Waals surface area contributed by atoms with Gasteiger partial charge in [0.1, 0.15) is 10.5 Å². The molecule has 5 heteroatoms. The molecule has 1 fully saturated rings. The molecule has 1 aliphatic rings. The molecule has 0 spiro atoms. The van der Waals surface area contributed by atoms with Crippen molar-refractivity contribution in [3.8, 4) is 0 Å². The monoisotopic (exact) mass is 290 g/mol. The number of anilines is 1. The van der Waals surface area contributed by atoms with E-state index < -0.39 is 11.5 Å². The number of rotatable bonds is 3. The molecule has 20 heavy (non-hydrogen) atoms. The van der Waals surface area contributed by atoms with Gasteiger partial charge in [-0.15, -0.1) is 0 Å². The standard InChI is InChI=1S/C15H18N2O2S/c1-10-6-8-15(9-7-10,14(18)19)16-13-11-4-2-3-5-12(11)17-20-13/h2-5,10,16H,6-9H2,1H3,(H,18,19). The fourth-order valence-electron chi connectivity index (χ4n) is 2.84. The predicted octanol–water partition coefficient (Wildman–Crippen LogP) is 3.74. The fourth-order valence-corrected chi connectivity index (χ4v) is 3.70. The highest BCUT2D eigenvalue weighted by Crippen LogP contribution is 2.38. The molecule has 0 unspecified atom stereocenters. The minimum atomic E-state index is -0.832. The van der Waals surface area contributed by atoms with Crippen LogP contribution in [0.15, 0.2) is 24.3 Å². The number of carboxylic acids is 1. The summed E-state index contributed by atoms with van der Waals surface area (Å²) in [5.74, 6) is -0.135. The van der Waals surface area contributed by atoms with Gasteiger partial charge in [-0.2, -0.15) is 4.37 Å². The van der Waals surface area contributed by atoms with Crippen molar-refractivity contribution in [2.24, 2.45) is 5.92 Å². The summed E-state index contributed by atoms with van der Waals surface area (Å²) in [4.78, 5) is 11.8. The van der Waals surface area contributed by atoms with Crippen LogP contribution in [0.2, 0.25) is 0 Å². The number of aliphatic carboxylic acids is 1. The summed E-state index contributed by atoms with van der Waals surface area (Å²) in [5, 5.41) is 14.8. The Morgan fingerprint density at radius 2 is 2.10 bits per heavy atom. The summed E-state index contributed by atoms with van der Waals surface area (Å²) in [6, 6.07) is 7.84. The van der Waals surface area contributed by atoms with Crippen molar-refractivity contribution in [2.45, 2.75) is 38.1 Å². The lowest BCUT2D eigenvalue weighted by Crippen LogP contribution is -2.48. The first-order valence-corrected chi connectivity index (χ1v) is 7.74. The smallest absolute Gasteiger partial charge is 0.329 e. The van der Waals surface area contributed by atoms with E-state index in [9.17, 15) is 9.90 Å². The summed E-state index contributed by atoms with van der Waals surface area (Å²) in [6.07, 6.45) is 3.26. The Morgan fingerprint density at radius 3 is 2.80 bits per heavy atom. The van der Waals surface area contributed by atoms with Gasteiger partial charge in [-0.05, 0) is 55.3 Å². The quantitative estimate of drug-likeness (QED) is 0.904. The molecule has 3 rings (SSSR count). The van der Waals surface area contributed by atoms with E-state index in [0.29, 0.717) is 18.8 Å². The molecule has 0 saturated heterocycles. The second-order valence-corrected chi connectivity index (χ2v) is 6.50. The van der Waals surface area contributed by atoms with Crippen molar-refractivity contribution in [2.75, 3.05) is 5.32 Å². The average molecular weight is 290 g/mol. The average Bonchev–Trinajstić information content (AvgIpc) is 2.85. The number of benzene rings is 1. The summed E-state index contributed by atoms with van der Waals surface area (Å²) >= 11 is 1.35. The van der Waals surface area contributed by atoms with Crippen LogP contribution >= 0.6 is 11.5 Å². The molecular weight excluding hydrogens is 272 g/mol. The Bertz CT molecular complexity index is 630. The molecule has 0 amide bonds. The van der Waals surface area contributed by atoms with Crippen LogP contribution < -0.4 is 5.32 Å². The predicted molar refractivity (Wildman–Crippen MR) is 81.2 cm³/mol. The SMILES string of the molecule is CC1CCC(Nc2snc3ccccc23)(C(=O)O)CC1. The molecule has 1 aromatic carbocycles. The number of nitrogens with zero attached hydrogens (tertiary/aromatic N) is 1. The summed E-state index contributed by atoms with van der Waals surface area (Å²) in [7, 11) is 0. The Morgan fingerprint density at radius 1 is 1.40 bits per heavy atom. The normalized spacial score (nSPS) is 26.6. The Kier molecular flexibility index (Phi) is 3.38. The van der Waals surface area contributed by atoms with Crippen molar-refractivity contribution < 1.29 is 9.90 Å². The van der Waals surface area contributed by atoms with E-state index in [1.165, 1.54) is 11.5 Å². The third kappa shape index (κ3) is 2.26. The maximum Gasteiger partial charge on any atom is 0.329 e. The zero-order chi connectivity index (χ0) is 14.2. The molecule has 0 radical (unpaired) electrons. The van der Waals surface area contributed by atoms with Gasteiger partial charge in [-0.25, -0.2) is 4.79 Å². The van der Waals surface area contributed by atoms with E-state index >= 15 is 0 Å². The first kappa shape index (κ1) is 13.4. The lowest BCUT2D eigenvalue weighted by molar-refractivity contribution is -0.143. The third-order valence-electron chi connectivity index (χ3n) is 4.27. The van der Waals surface area contributed by atoms with E-state index in [2.05, 4.69) is 16.6 Å². The van der Waals surface area contributed by atoms with Gasteiger partial charge in [0.05, 0.1) is 5.52 Å².